The summed E-state index contributed by atoms with van der Waals surface area (Å²) in [6, 6.07) is -13.2. The average Bonchev–Trinajstić information content (AvgIpc) is 1.08. The lowest BCUT2D eigenvalue weighted by molar-refractivity contribution is -0.271. The Labute approximate surface area is 541 Å². The van der Waals surface area contributed by atoms with Gasteiger partial charge in [-0.3, -0.25) is 62.3 Å². The van der Waals surface area contributed by atoms with Crippen molar-refractivity contribution < 1.29 is 113 Å². The fraction of sp³-hybridized carbons (Fsp3) is 0.672. The number of likely N-dealkylation sites (tertiary alicyclic amines) is 1. The maximum absolute atomic E-state index is 14.4. The first-order valence-electron chi connectivity index (χ1n) is 30.5. The van der Waals surface area contributed by atoms with Gasteiger partial charge in [0.2, 0.25) is 76.8 Å². The summed E-state index contributed by atoms with van der Waals surface area (Å²) in [5.41, 5.74) is 5.95. The number of rotatable bonds is 36. The molecule has 36 nitrogen and oxygen atoms in total. The average molecular weight is 1340 g/mol. The van der Waals surface area contributed by atoms with Crippen LogP contribution >= 0.6 is 0 Å². The Morgan fingerprint density at radius 2 is 1.02 bits per heavy atom. The molecule has 2 fully saturated rings. The molecule has 528 valence electrons. The highest BCUT2D eigenvalue weighted by Crippen LogP contribution is 2.24. The lowest BCUT2D eigenvalue weighted by Crippen LogP contribution is -2.65. The molecule has 13 amide bonds. The molecular weight excluding hydrogens is 1250 g/mol. The maximum Gasteiger partial charge on any atom is 0.245 e. The van der Waals surface area contributed by atoms with Crippen LogP contribution in [0.25, 0.3) is 0 Å². The van der Waals surface area contributed by atoms with E-state index in [1.807, 2.05) is 0 Å². The van der Waals surface area contributed by atoms with Crippen LogP contribution in [0, 0.1) is 17.8 Å². The number of aliphatic hydroxyl groups excluding tert-OH is 7. The summed E-state index contributed by atoms with van der Waals surface area (Å²) in [7, 11) is 0. The second-order valence-electron chi connectivity index (χ2n) is 23.9. The van der Waals surface area contributed by atoms with Crippen molar-refractivity contribution in [2.24, 2.45) is 23.5 Å². The zero-order valence-electron chi connectivity index (χ0n) is 53.8. The number of hydrogen-bond donors (Lipinski definition) is 20. The molecule has 0 aromatic heterocycles. The minimum Gasteiger partial charge on any atom is -0.508 e. The van der Waals surface area contributed by atoms with E-state index < -0.39 is 231 Å². The number of hydrogen-bond acceptors (Lipinski definition) is 23. The highest BCUT2D eigenvalue weighted by molar-refractivity contribution is 5.99. The molecule has 0 bridgehead atoms. The molecule has 36 heteroatoms. The fourth-order valence-corrected chi connectivity index (χ4v) is 9.94. The van der Waals surface area contributed by atoms with Crippen molar-refractivity contribution in [2.45, 2.75) is 185 Å². The van der Waals surface area contributed by atoms with Gasteiger partial charge in [-0.2, -0.15) is 0 Å². The third-order valence-corrected chi connectivity index (χ3v) is 15.1. The number of amides is 13. The molecule has 2 heterocycles. The van der Waals surface area contributed by atoms with Crippen LogP contribution in [0.5, 0.6) is 5.75 Å². The predicted octanol–water partition coefficient (Wildman–Crippen LogP) is -9.41. The summed E-state index contributed by atoms with van der Waals surface area (Å²) in [6.07, 6.45) is -6.84. The van der Waals surface area contributed by atoms with Gasteiger partial charge in [0.25, 0.3) is 0 Å². The zero-order chi connectivity index (χ0) is 71.0. The van der Waals surface area contributed by atoms with Gasteiger partial charge < -0.3 is 119 Å². The Morgan fingerprint density at radius 3 is 1.49 bits per heavy atom. The molecule has 2 saturated heterocycles. The Bertz CT molecular complexity index is 2800. The highest BCUT2D eigenvalue weighted by Gasteiger charge is 2.47. The summed E-state index contributed by atoms with van der Waals surface area (Å²) in [5, 5.41) is 108. The molecular formula is C58H93N13O23. The molecule has 0 unspecified atom stereocenters. The Hall–Kier alpha value is -8.23. The second-order valence-corrected chi connectivity index (χ2v) is 23.9. The summed E-state index contributed by atoms with van der Waals surface area (Å²) in [5.74, 6) is -14.5. The lowest BCUT2D eigenvalue weighted by Gasteiger charge is -2.42. The number of aromatic hydroxyl groups is 1. The van der Waals surface area contributed by atoms with Crippen LogP contribution in [0.2, 0.25) is 0 Å². The molecule has 2 aliphatic heterocycles. The Balaban J connectivity index is 1.82. The van der Waals surface area contributed by atoms with Gasteiger partial charge in [0.1, 0.15) is 96.6 Å². The van der Waals surface area contributed by atoms with E-state index in [0.717, 1.165) is 18.7 Å². The molecule has 1 aromatic carbocycles. The number of aliphatic hydroxyl groups is 7. The van der Waals surface area contributed by atoms with Gasteiger partial charge >= 0.3 is 0 Å². The molecule has 16 atom stereocenters. The van der Waals surface area contributed by atoms with Crippen LogP contribution < -0.4 is 64.2 Å². The molecule has 0 saturated carbocycles. The van der Waals surface area contributed by atoms with E-state index in [1.54, 1.807) is 27.7 Å². The van der Waals surface area contributed by atoms with Gasteiger partial charge in [-0.25, -0.2) is 0 Å². The minimum absolute atomic E-state index is 0.00818. The van der Waals surface area contributed by atoms with Crippen LogP contribution in [0.15, 0.2) is 24.3 Å². The predicted molar refractivity (Wildman–Crippen MR) is 325 cm³/mol. The molecule has 0 aliphatic carbocycles. The van der Waals surface area contributed by atoms with E-state index in [0.29, 0.717) is 5.56 Å². The quantitative estimate of drug-likeness (QED) is 0.0297. The number of phenolic OH excluding ortho intramolecular Hbond substituents is 1. The van der Waals surface area contributed by atoms with Gasteiger partial charge in [0.15, 0.2) is 6.29 Å². The third-order valence-electron chi connectivity index (χ3n) is 15.1. The van der Waals surface area contributed by atoms with E-state index in [-0.39, 0.29) is 38.0 Å². The summed E-state index contributed by atoms with van der Waals surface area (Å²) in [4.78, 5) is 175. The van der Waals surface area contributed by atoms with Crippen molar-refractivity contribution >= 4 is 76.8 Å². The smallest absolute Gasteiger partial charge is 0.245 e. The number of phenols is 1. The van der Waals surface area contributed by atoms with E-state index in [1.165, 1.54) is 45.0 Å². The fourth-order valence-electron chi connectivity index (χ4n) is 9.94. The topological polar surface area (TPSA) is 564 Å². The normalized spacial score (nSPS) is 21.0. The van der Waals surface area contributed by atoms with E-state index in [4.69, 9.17) is 15.2 Å². The van der Waals surface area contributed by atoms with Gasteiger partial charge in [0.05, 0.1) is 39.6 Å². The van der Waals surface area contributed by atoms with Gasteiger partial charge in [0, 0.05) is 26.8 Å². The van der Waals surface area contributed by atoms with Crippen LogP contribution in [0.3, 0.4) is 0 Å². The van der Waals surface area contributed by atoms with Crippen molar-refractivity contribution in [1.82, 2.24) is 63.4 Å². The first kappa shape index (κ1) is 80.0. The second kappa shape index (κ2) is 38.2. The number of benzene rings is 1. The first-order chi connectivity index (χ1) is 44.1. The van der Waals surface area contributed by atoms with Crippen molar-refractivity contribution in [3.05, 3.63) is 29.8 Å². The summed E-state index contributed by atoms with van der Waals surface area (Å²) < 4.78 is 11.4. The molecule has 0 radical (unpaired) electrons. The van der Waals surface area contributed by atoms with Crippen molar-refractivity contribution in [2.75, 3.05) is 46.2 Å². The number of nitrogens with two attached hydrogens (primary N) is 1. The van der Waals surface area contributed by atoms with Gasteiger partial charge in [-0.05, 0) is 61.6 Å². The standard InChI is InChI=1S/C58H93N13O23/c1-25(2)17-33(48(83)65-38(22-75)53(88)69-42(26(3)4)47(59)82)63-54(89)39(24-93-58-44(62-30(9)78)46(81)45(80)41(23-76)94-58)68-52(87)36(20-73)66-51(86)37(21-74)67-56(91)43(27(5)6)70-55(90)40-11-10-16-71(40)57(92)28(7)60-50(85)35(19-72)64-49(84)34(61-29(8)77)18-31-12-14-32(79)15-13-31/h12-15,25-28,33-46,58,72-76,79-81H,10-11,16-24H2,1-9H3,(H2,59,82)(H,60,85)(H,61,77)(H,62,78)(H,63,89)(H,64,84)(H,65,83)(H,66,86)(H,67,91)(H,68,87)(H,69,88)(H,70,90)/t28-,33-,34-,35-,36-,37-,38-,39-,40-,41+,42-,43-,44+,45+,46+,58+/m0/s1. The molecule has 0 spiro atoms. The number of primary amides is 1. The zero-order valence-corrected chi connectivity index (χ0v) is 53.8. The Morgan fingerprint density at radius 1 is 0.564 bits per heavy atom. The van der Waals surface area contributed by atoms with Crippen LogP contribution in [-0.4, -0.2) is 266 Å². The molecule has 1 aromatic rings. The van der Waals surface area contributed by atoms with Crippen LogP contribution in [-0.2, 0) is 78.2 Å². The number of nitrogens with zero attached hydrogens (tertiary/aromatic N) is 1. The van der Waals surface area contributed by atoms with Crippen LogP contribution in [0.1, 0.15) is 87.1 Å². The lowest BCUT2D eigenvalue weighted by atomic mass is 9.97. The number of carbonyl (C=O) groups is 13. The minimum atomic E-state index is -2.03. The first-order valence-corrected chi connectivity index (χ1v) is 30.5. The molecule has 2 aliphatic rings. The third kappa shape index (κ3) is 24.0. The van der Waals surface area contributed by atoms with E-state index >= 15 is 0 Å². The van der Waals surface area contributed by atoms with Gasteiger partial charge in [-0.15, -0.1) is 0 Å². The van der Waals surface area contributed by atoms with E-state index in [2.05, 4.69) is 58.5 Å². The van der Waals surface area contributed by atoms with Gasteiger partial charge in [-0.1, -0.05) is 53.7 Å². The summed E-state index contributed by atoms with van der Waals surface area (Å²) >= 11 is 0. The number of ether oxygens (including phenoxy) is 2. The summed E-state index contributed by atoms with van der Waals surface area (Å²) in [6.45, 7) is 6.71. The van der Waals surface area contributed by atoms with E-state index in [9.17, 15) is 103 Å². The SMILES string of the molecule is CC(=O)N[C@H]1[C@H](OC[C@H](NC(=O)[C@H](CO)NC(=O)[C@H](CO)NC(=O)[C@@H](NC(=O)[C@@H]2CCCN2C(=O)[C@H](C)NC(=O)[C@H](CO)NC(=O)[C@H](Cc2ccc(O)cc2)NC(C)=O)C(C)C)C(=O)N[C@@H](CC(C)C)C(=O)N[C@@H](CO)C(=O)N[C@H](C(N)=O)C(C)C)O[C@H](CO)[C@@H](O)[C@@H]1O. The molecule has 21 N–H and O–H groups in total. The van der Waals surface area contributed by atoms with Crippen molar-refractivity contribution in [3.63, 3.8) is 0 Å². The van der Waals surface area contributed by atoms with Crippen LogP contribution in [0.4, 0.5) is 0 Å². The molecule has 94 heavy (non-hydrogen) atoms. The maximum atomic E-state index is 14.4. The highest BCUT2D eigenvalue weighted by atomic mass is 16.7. The Kier molecular flexibility index (Phi) is 32.5. The molecule has 3 rings (SSSR count). The largest absolute Gasteiger partial charge is 0.508 e. The monoisotopic (exact) mass is 1340 g/mol. The van der Waals surface area contributed by atoms with Crippen molar-refractivity contribution in [1.29, 1.82) is 0 Å². The number of nitrogens with one attached hydrogen (secondary N) is 11. The number of carbonyl (C=O) groups excluding carboxylic acids is 13. The van der Waals surface area contributed by atoms with Crippen molar-refractivity contribution in [3.8, 4) is 5.75 Å².